The molecule has 0 bridgehead atoms. The summed E-state index contributed by atoms with van der Waals surface area (Å²) in [5, 5.41) is 12.2. The van der Waals surface area contributed by atoms with Gasteiger partial charge in [0.1, 0.15) is 11.6 Å². The van der Waals surface area contributed by atoms with Crippen LogP contribution in [0.15, 0.2) is 18.2 Å². The molecule has 6 heteroatoms. The van der Waals surface area contributed by atoms with Crippen LogP contribution in [0.5, 0.6) is 0 Å². The van der Waals surface area contributed by atoms with E-state index in [1.807, 2.05) is 0 Å². The molecular weight excluding hydrogens is 278 g/mol. The number of halogens is 2. The Bertz CT molecular complexity index is 467. The van der Waals surface area contributed by atoms with Crippen LogP contribution in [0.25, 0.3) is 0 Å². The zero-order chi connectivity index (χ0) is 16.0. The lowest BCUT2D eigenvalue weighted by Gasteiger charge is -2.24. The maximum atomic E-state index is 13.4. The highest BCUT2D eigenvalue weighted by Crippen LogP contribution is 2.12. The predicted octanol–water partition coefficient (Wildman–Crippen LogP) is 1.33. The number of benzene rings is 1. The van der Waals surface area contributed by atoms with E-state index in [-0.39, 0.29) is 31.0 Å². The number of likely N-dealkylation sites (N-methyl/N-ethyl adjacent to an activating group) is 1. The van der Waals surface area contributed by atoms with Gasteiger partial charge in [0.05, 0.1) is 12.1 Å². The number of hydrogen-bond donors (Lipinski definition) is 2. The lowest BCUT2D eigenvalue weighted by molar-refractivity contribution is -0.122. The maximum absolute atomic E-state index is 13.4. The summed E-state index contributed by atoms with van der Waals surface area (Å²) >= 11 is 0. The molecule has 0 unspecified atom stereocenters. The topological polar surface area (TPSA) is 52.6 Å². The molecule has 4 nitrogen and oxygen atoms in total. The minimum Gasteiger partial charge on any atom is -0.389 e. The minimum atomic E-state index is -0.884. The third kappa shape index (κ3) is 6.64. The Kier molecular flexibility index (Phi) is 6.23. The molecule has 0 aliphatic heterocycles. The Morgan fingerprint density at radius 1 is 1.33 bits per heavy atom. The Balaban J connectivity index is 2.37. The quantitative estimate of drug-likeness (QED) is 0.799. The molecule has 2 N–H and O–H groups in total. The van der Waals surface area contributed by atoms with Crippen molar-refractivity contribution in [1.29, 1.82) is 0 Å². The Morgan fingerprint density at radius 2 is 1.90 bits per heavy atom. The highest BCUT2D eigenvalue weighted by molar-refractivity contribution is 5.77. The summed E-state index contributed by atoms with van der Waals surface area (Å²) in [5.41, 5.74) is -0.909. The van der Waals surface area contributed by atoms with Crippen molar-refractivity contribution < 1.29 is 18.7 Å². The van der Waals surface area contributed by atoms with Gasteiger partial charge in [0.25, 0.3) is 0 Å². The molecule has 0 spiro atoms. The SMILES string of the molecule is CN(CC(=O)NCCc1c(F)cccc1F)CC(C)(C)O. The van der Waals surface area contributed by atoms with Crippen LogP contribution in [0.4, 0.5) is 8.78 Å². The first-order valence-corrected chi connectivity index (χ1v) is 6.79. The van der Waals surface area contributed by atoms with Crippen LogP contribution in [0, 0.1) is 11.6 Å². The Labute approximate surface area is 123 Å². The second kappa shape index (κ2) is 7.47. The van der Waals surface area contributed by atoms with E-state index in [0.717, 1.165) is 0 Å². The third-order valence-electron chi connectivity index (χ3n) is 2.83. The minimum absolute atomic E-state index is 0.0253. The highest BCUT2D eigenvalue weighted by Gasteiger charge is 2.17. The molecule has 0 atom stereocenters. The van der Waals surface area contributed by atoms with Crippen LogP contribution in [0.2, 0.25) is 0 Å². The van der Waals surface area contributed by atoms with Crippen LogP contribution in [-0.4, -0.2) is 48.2 Å². The number of aliphatic hydroxyl groups is 1. The van der Waals surface area contributed by atoms with E-state index >= 15 is 0 Å². The van der Waals surface area contributed by atoms with Crippen molar-refractivity contribution in [1.82, 2.24) is 10.2 Å². The summed E-state index contributed by atoms with van der Waals surface area (Å²) in [6.45, 7) is 3.93. The molecule has 21 heavy (non-hydrogen) atoms. The van der Waals surface area contributed by atoms with E-state index in [9.17, 15) is 18.7 Å². The van der Waals surface area contributed by atoms with Gasteiger partial charge in [-0.05, 0) is 39.4 Å². The molecule has 0 aliphatic rings. The number of nitrogens with one attached hydrogen (secondary N) is 1. The third-order valence-corrected chi connectivity index (χ3v) is 2.83. The summed E-state index contributed by atoms with van der Waals surface area (Å²) in [6.07, 6.45) is 0.0967. The van der Waals surface area contributed by atoms with Crippen molar-refractivity contribution in [3.63, 3.8) is 0 Å². The zero-order valence-corrected chi connectivity index (χ0v) is 12.6. The van der Waals surface area contributed by atoms with Crippen molar-refractivity contribution in [2.24, 2.45) is 0 Å². The molecule has 0 heterocycles. The van der Waals surface area contributed by atoms with Crippen LogP contribution in [0.3, 0.4) is 0 Å². The number of carbonyl (C=O) groups excluding carboxylic acids is 1. The van der Waals surface area contributed by atoms with Crippen molar-refractivity contribution in [3.05, 3.63) is 35.4 Å². The van der Waals surface area contributed by atoms with E-state index in [0.29, 0.717) is 6.54 Å². The smallest absolute Gasteiger partial charge is 0.234 e. The fourth-order valence-electron chi connectivity index (χ4n) is 2.12. The Morgan fingerprint density at radius 3 is 2.43 bits per heavy atom. The van der Waals surface area contributed by atoms with Gasteiger partial charge >= 0.3 is 0 Å². The van der Waals surface area contributed by atoms with Crippen LogP contribution in [0.1, 0.15) is 19.4 Å². The number of amides is 1. The second-order valence-electron chi connectivity index (χ2n) is 5.78. The van der Waals surface area contributed by atoms with Gasteiger partial charge in [0.2, 0.25) is 5.91 Å². The van der Waals surface area contributed by atoms with Crippen LogP contribution in [-0.2, 0) is 11.2 Å². The van der Waals surface area contributed by atoms with Crippen LogP contribution >= 0.6 is 0 Å². The van der Waals surface area contributed by atoms with Crippen molar-refractivity contribution in [3.8, 4) is 0 Å². The summed E-state index contributed by atoms with van der Waals surface area (Å²) in [6, 6.07) is 3.69. The predicted molar refractivity (Wildman–Crippen MR) is 76.9 cm³/mol. The van der Waals surface area contributed by atoms with Gasteiger partial charge in [-0.25, -0.2) is 8.78 Å². The summed E-state index contributed by atoms with van der Waals surface area (Å²) in [4.78, 5) is 13.4. The molecule has 0 saturated carbocycles. The monoisotopic (exact) mass is 300 g/mol. The summed E-state index contributed by atoms with van der Waals surface area (Å²) < 4.78 is 26.8. The molecule has 0 fully saturated rings. The number of carbonyl (C=O) groups is 1. The van der Waals surface area contributed by atoms with Crippen molar-refractivity contribution in [2.45, 2.75) is 25.9 Å². The fourth-order valence-corrected chi connectivity index (χ4v) is 2.12. The molecule has 0 aliphatic carbocycles. The molecule has 1 amide bonds. The first-order chi connectivity index (χ1) is 9.69. The Hall–Kier alpha value is -1.53. The largest absolute Gasteiger partial charge is 0.389 e. The first-order valence-electron chi connectivity index (χ1n) is 6.79. The molecular formula is C15H22F2N2O2. The molecule has 1 aromatic rings. The number of rotatable bonds is 7. The second-order valence-corrected chi connectivity index (χ2v) is 5.78. The van der Waals surface area contributed by atoms with E-state index in [1.54, 1.807) is 25.8 Å². The highest BCUT2D eigenvalue weighted by atomic mass is 19.1. The van der Waals surface area contributed by atoms with E-state index < -0.39 is 17.2 Å². The lowest BCUT2D eigenvalue weighted by Crippen LogP contribution is -2.42. The average Bonchev–Trinajstić information content (AvgIpc) is 2.30. The summed E-state index contributed by atoms with van der Waals surface area (Å²) in [5.74, 6) is -1.47. The molecule has 1 aromatic carbocycles. The van der Waals surface area contributed by atoms with Gasteiger partial charge in [-0.15, -0.1) is 0 Å². The van der Waals surface area contributed by atoms with Gasteiger partial charge in [-0.3, -0.25) is 9.69 Å². The van der Waals surface area contributed by atoms with E-state index in [2.05, 4.69) is 5.32 Å². The molecule has 118 valence electrons. The van der Waals surface area contributed by atoms with Gasteiger partial charge in [-0.2, -0.15) is 0 Å². The van der Waals surface area contributed by atoms with Gasteiger partial charge < -0.3 is 10.4 Å². The average molecular weight is 300 g/mol. The van der Waals surface area contributed by atoms with Gasteiger partial charge in [0, 0.05) is 18.7 Å². The number of nitrogens with zero attached hydrogens (tertiary/aromatic N) is 1. The van der Waals surface area contributed by atoms with Crippen molar-refractivity contribution >= 4 is 5.91 Å². The maximum Gasteiger partial charge on any atom is 0.234 e. The first kappa shape index (κ1) is 17.5. The molecule has 0 radical (unpaired) electrons. The normalized spacial score (nSPS) is 11.8. The molecule has 0 saturated heterocycles. The number of hydrogen-bond acceptors (Lipinski definition) is 3. The van der Waals surface area contributed by atoms with Gasteiger partial charge in [-0.1, -0.05) is 6.07 Å². The molecule has 1 rings (SSSR count). The fraction of sp³-hybridized carbons (Fsp3) is 0.533. The standard InChI is InChI=1S/C15H22F2N2O2/c1-15(2,21)10-19(3)9-14(20)18-8-7-11-12(16)5-4-6-13(11)17/h4-6,21H,7-10H2,1-3H3,(H,18,20). The van der Waals surface area contributed by atoms with Crippen LogP contribution < -0.4 is 5.32 Å². The van der Waals surface area contributed by atoms with E-state index in [4.69, 9.17) is 0 Å². The summed E-state index contributed by atoms with van der Waals surface area (Å²) in [7, 11) is 1.72. The lowest BCUT2D eigenvalue weighted by atomic mass is 10.1. The zero-order valence-electron chi connectivity index (χ0n) is 12.6. The van der Waals surface area contributed by atoms with E-state index in [1.165, 1.54) is 18.2 Å². The van der Waals surface area contributed by atoms with Gasteiger partial charge in [0.15, 0.2) is 0 Å². The molecule has 0 aromatic heterocycles. The van der Waals surface area contributed by atoms with Crippen molar-refractivity contribution in [2.75, 3.05) is 26.7 Å².